The second-order valence-electron chi connectivity index (χ2n) is 15.5. The summed E-state index contributed by atoms with van der Waals surface area (Å²) in [6.45, 7) is 11.8. The number of rotatable bonds is 57. The average molecular weight is 1070 g/mol. The number of Topliss-reactive ketones (excluding diaryl/α,β-unsaturated/α-hetero) is 3. The number of hydrogen-bond donors (Lipinski definition) is 4. The monoisotopic (exact) mass is 1070 g/mol. The van der Waals surface area contributed by atoms with Gasteiger partial charge in [0.15, 0.2) is 11.6 Å². The van der Waals surface area contributed by atoms with E-state index in [9.17, 15) is 38.4 Å². The van der Waals surface area contributed by atoms with Crippen molar-refractivity contribution in [2.45, 2.75) is 51.4 Å². The zero-order chi connectivity index (χ0) is 54.4. The van der Waals surface area contributed by atoms with Crippen molar-refractivity contribution in [3.05, 3.63) is 12.7 Å². The van der Waals surface area contributed by atoms with Gasteiger partial charge in [0, 0.05) is 52.4 Å². The molecule has 0 heterocycles. The predicted molar refractivity (Wildman–Crippen MR) is 260 cm³/mol. The van der Waals surface area contributed by atoms with Gasteiger partial charge in [-0.2, -0.15) is 0 Å². The van der Waals surface area contributed by atoms with Gasteiger partial charge in [-0.15, -0.1) is 0 Å². The Morgan fingerprint density at radius 3 is 1.26 bits per heavy atom. The molecule has 0 aromatic heterocycles. The van der Waals surface area contributed by atoms with Crippen LogP contribution in [-0.2, 0) is 99.9 Å². The van der Waals surface area contributed by atoms with Crippen LogP contribution >= 0.6 is 0 Å². The van der Waals surface area contributed by atoms with E-state index in [4.69, 9.17) is 71.4 Å². The first-order chi connectivity index (χ1) is 36.0. The number of ether oxygens (including phenoxy) is 14. The minimum Gasteiger partial charge on any atom is -0.481 e. The first-order valence-electron chi connectivity index (χ1n) is 24.8. The standard InChI is InChI=1S/C48H83N3O23/c1-3-12-73-47(59)9-8-45(56)50-37-41(52)6-7-44(55)51-38-42(53)36-40(39-74-48(60)49-11-10-46(57)58)43(54)5-4-13-62-16-17-64-20-21-66-24-25-68-28-29-70-32-33-72-35-34-71-31-30-69-27-26-67-23-22-65-19-18-63-15-14-61-2/h3,40H,1,4-39H2,2H3,(H,49,60)(H,50,56)(H,51,55)(H,57,58). The minimum absolute atomic E-state index is 0.0119. The lowest BCUT2D eigenvalue weighted by atomic mass is 9.95. The molecule has 4 N–H and O–H groups in total. The minimum atomic E-state index is -1.14. The molecular weight excluding hydrogens is 987 g/mol. The average Bonchev–Trinajstić information content (AvgIpc) is 3.38. The summed E-state index contributed by atoms with van der Waals surface area (Å²) >= 11 is 0. The second kappa shape index (κ2) is 53.3. The Kier molecular flexibility index (Phi) is 50.0. The maximum Gasteiger partial charge on any atom is 0.407 e. The number of alkyl carbamates (subject to hydrolysis) is 1. The summed E-state index contributed by atoms with van der Waals surface area (Å²) in [6.07, 6.45) is -0.889. The van der Waals surface area contributed by atoms with Crippen LogP contribution in [0.5, 0.6) is 0 Å². The van der Waals surface area contributed by atoms with Gasteiger partial charge in [-0.25, -0.2) is 4.79 Å². The van der Waals surface area contributed by atoms with E-state index in [-0.39, 0.29) is 84.5 Å². The molecule has 0 aliphatic carbocycles. The fraction of sp³-hybridized carbons (Fsp3) is 0.792. The van der Waals surface area contributed by atoms with Gasteiger partial charge in [0.05, 0.1) is 177 Å². The summed E-state index contributed by atoms with van der Waals surface area (Å²) in [6, 6.07) is 0. The predicted octanol–water partition coefficient (Wildman–Crippen LogP) is 0.0321. The molecule has 428 valence electrons. The van der Waals surface area contributed by atoms with Crippen molar-refractivity contribution in [1.82, 2.24) is 16.0 Å². The summed E-state index contributed by atoms with van der Waals surface area (Å²) in [7, 11) is 1.63. The van der Waals surface area contributed by atoms with E-state index >= 15 is 0 Å². The van der Waals surface area contributed by atoms with Gasteiger partial charge in [-0.3, -0.25) is 33.6 Å². The summed E-state index contributed by atoms with van der Waals surface area (Å²) in [5, 5.41) is 15.8. The molecule has 0 saturated carbocycles. The molecule has 0 bridgehead atoms. The van der Waals surface area contributed by atoms with Crippen molar-refractivity contribution < 1.29 is 110 Å². The Balaban J connectivity index is 3.97. The van der Waals surface area contributed by atoms with Gasteiger partial charge in [-0.1, -0.05) is 12.7 Å². The molecule has 0 saturated heterocycles. The number of ketones is 3. The molecule has 26 nitrogen and oxygen atoms in total. The third kappa shape index (κ3) is 50.9. The number of aliphatic carboxylic acids is 1. The number of amides is 3. The van der Waals surface area contributed by atoms with E-state index < -0.39 is 66.3 Å². The zero-order valence-electron chi connectivity index (χ0n) is 43.2. The third-order valence-corrected chi connectivity index (χ3v) is 9.33. The number of carboxylic acid groups (broad SMARTS) is 1. The van der Waals surface area contributed by atoms with Crippen LogP contribution in [0, 0.1) is 5.92 Å². The highest BCUT2D eigenvalue weighted by Crippen LogP contribution is 2.12. The molecule has 0 fully saturated rings. The lowest BCUT2D eigenvalue weighted by Crippen LogP contribution is -2.35. The fourth-order valence-corrected chi connectivity index (χ4v) is 5.46. The topological polar surface area (TPSA) is 322 Å². The van der Waals surface area contributed by atoms with Crippen LogP contribution in [0.1, 0.15) is 51.4 Å². The molecule has 0 rings (SSSR count). The quantitative estimate of drug-likeness (QED) is 0.0355. The SMILES string of the molecule is C=CCOC(=O)CCC(=O)NCC(=O)CCC(=O)NCC(=O)CC(COC(=O)NCCC(=O)O)C(=O)CCCOCCOCCOCCOCCOCCOCCOCCOCCOCCOCCOCCOC. The fourth-order valence-electron chi connectivity index (χ4n) is 5.46. The summed E-state index contributed by atoms with van der Waals surface area (Å²) in [4.78, 5) is 96.4. The molecule has 0 aliphatic heterocycles. The molecule has 26 heteroatoms. The Morgan fingerprint density at radius 2 is 0.851 bits per heavy atom. The Bertz CT molecular complexity index is 1490. The molecule has 0 aliphatic rings. The maximum atomic E-state index is 13.1. The van der Waals surface area contributed by atoms with Crippen LogP contribution in [0.4, 0.5) is 4.79 Å². The zero-order valence-corrected chi connectivity index (χ0v) is 43.2. The Hall–Kier alpha value is -4.58. The van der Waals surface area contributed by atoms with Gasteiger partial charge in [-0.05, 0) is 6.42 Å². The van der Waals surface area contributed by atoms with Crippen LogP contribution in [0.25, 0.3) is 0 Å². The van der Waals surface area contributed by atoms with Gasteiger partial charge >= 0.3 is 18.0 Å². The van der Waals surface area contributed by atoms with Crippen molar-refractivity contribution in [3.63, 3.8) is 0 Å². The van der Waals surface area contributed by atoms with E-state index in [0.717, 1.165) is 0 Å². The number of carbonyl (C=O) groups is 8. The van der Waals surface area contributed by atoms with Crippen LogP contribution < -0.4 is 16.0 Å². The molecule has 0 aromatic rings. The van der Waals surface area contributed by atoms with Crippen molar-refractivity contribution in [1.29, 1.82) is 0 Å². The molecule has 3 amide bonds. The van der Waals surface area contributed by atoms with E-state index in [1.54, 1.807) is 7.11 Å². The molecule has 1 atom stereocenters. The highest BCUT2D eigenvalue weighted by molar-refractivity contribution is 5.92. The number of methoxy groups -OCH3 is 1. The summed E-state index contributed by atoms with van der Waals surface area (Å²) in [5.74, 6) is -5.35. The van der Waals surface area contributed by atoms with E-state index in [0.29, 0.717) is 139 Å². The molecule has 0 aromatic carbocycles. The van der Waals surface area contributed by atoms with Crippen LogP contribution in [0.2, 0.25) is 0 Å². The van der Waals surface area contributed by atoms with Gasteiger partial charge < -0.3 is 87.4 Å². The van der Waals surface area contributed by atoms with E-state index in [1.807, 2.05) is 0 Å². The van der Waals surface area contributed by atoms with Crippen molar-refractivity contribution >= 4 is 47.2 Å². The lowest BCUT2D eigenvalue weighted by Gasteiger charge is -2.16. The summed E-state index contributed by atoms with van der Waals surface area (Å²) < 4.78 is 74.8. The molecule has 1 unspecified atom stereocenters. The number of esters is 1. The van der Waals surface area contributed by atoms with Crippen molar-refractivity contribution in [3.8, 4) is 0 Å². The third-order valence-electron chi connectivity index (χ3n) is 9.33. The molecule has 74 heavy (non-hydrogen) atoms. The smallest absolute Gasteiger partial charge is 0.407 e. The highest BCUT2D eigenvalue weighted by atomic mass is 16.6. The van der Waals surface area contributed by atoms with Crippen LogP contribution in [0.3, 0.4) is 0 Å². The number of carbonyl (C=O) groups excluding carboxylic acids is 7. The Morgan fingerprint density at radius 1 is 0.459 bits per heavy atom. The number of nitrogens with one attached hydrogen (secondary N) is 3. The Labute approximate surface area is 434 Å². The van der Waals surface area contributed by atoms with Crippen LogP contribution in [-0.4, -0.2) is 244 Å². The number of carboxylic acids is 1. The second-order valence-corrected chi connectivity index (χ2v) is 15.5. The first kappa shape index (κ1) is 69.4. The van der Waals surface area contributed by atoms with E-state index in [2.05, 4.69) is 22.5 Å². The van der Waals surface area contributed by atoms with Crippen LogP contribution in [0.15, 0.2) is 12.7 Å². The molecular formula is C48H83N3O23. The molecule has 0 radical (unpaired) electrons. The normalized spacial score (nSPS) is 11.4. The summed E-state index contributed by atoms with van der Waals surface area (Å²) in [5.41, 5.74) is 0. The van der Waals surface area contributed by atoms with Gasteiger partial charge in [0.1, 0.15) is 19.0 Å². The number of hydrogen-bond acceptors (Lipinski definition) is 22. The lowest BCUT2D eigenvalue weighted by molar-refractivity contribution is -0.143. The van der Waals surface area contributed by atoms with Crippen molar-refractivity contribution in [2.24, 2.45) is 5.92 Å². The highest BCUT2D eigenvalue weighted by Gasteiger charge is 2.24. The first-order valence-corrected chi connectivity index (χ1v) is 24.8. The largest absolute Gasteiger partial charge is 0.481 e. The van der Waals surface area contributed by atoms with Crippen molar-refractivity contribution in [2.75, 3.05) is 192 Å². The van der Waals surface area contributed by atoms with Gasteiger partial charge in [0.25, 0.3) is 0 Å². The van der Waals surface area contributed by atoms with E-state index in [1.165, 1.54) is 6.08 Å². The maximum absolute atomic E-state index is 13.1. The molecule has 0 spiro atoms. The van der Waals surface area contributed by atoms with Gasteiger partial charge in [0.2, 0.25) is 11.8 Å².